The van der Waals surface area contributed by atoms with Crippen molar-refractivity contribution >= 4 is 23.2 Å². The lowest BCUT2D eigenvalue weighted by molar-refractivity contribution is -0.121. The number of hydrogen-bond acceptors (Lipinski definition) is 4. The second kappa shape index (κ2) is 9.39. The van der Waals surface area contributed by atoms with Crippen LogP contribution in [-0.4, -0.2) is 30.7 Å². The number of pyridine rings is 1. The first kappa shape index (κ1) is 20.6. The number of aryl methyl sites for hydroxylation is 1. The Morgan fingerprint density at radius 1 is 1.25 bits per heavy atom. The average Bonchev–Trinajstić information content (AvgIpc) is 3.18. The van der Waals surface area contributed by atoms with Gasteiger partial charge in [0, 0.05) is 17.2 Å². The molecule has 0 atom stereocenters. The molecule has 1 amide bonds. The average molecular weight is 403 g/mol. The minimum absolute atomic E-state index is 0.0238. The second-order valence-electron chi connectivity index (χ2n) is 7.11. The van der Waals surface area contributed by atoms with Crippen molar-refractivity contribution in [1.29, 1.82) is 0 Å². The highest BCUT2D eigenvalue weighted by Gasteiger charge is 2.43. The van der Waals surface area contributed by atoms with E-state index >= 15 is 0 Å². The summed E-state index contributed by atoms with van der Waals surface area (Å²) in [6.45, 7) is 5.49. The lowest BCUT2D eigenvalue weighted by Gasteiger charge is -2.29. The van der Waals surface area contributed by atoms with Gasteiger partial charge in [-0.25, -0.2) is 4.98 Å². The van der Waals surface area contributed by atoms with Crippen molar-refractivity contribution in [2.75, 3.05) is 25.1 Å². The van der Waals surface area contributed by atoms with Crippen molar-refractivity contribution in [3.8, 4) is 5.88 Å². The molecule has 1 N–H and O–H groups in total. The summed E-state index contributed by atoms with van der Waals surface area (Å²) in [4.78, 5) is 17.6. The Morgan fingerprint density at radius 3 is 2.68 bits per heavy atom. The number of halogens is 1. The summed E-state index contributed by atoms with van der Waals surface area (Å²) in [7, 11) is 0. The van der Waals surface area contributed by atoms with Gasteiger partial charge < -0.3 is 14.8 Å². The predicted molar refractivity (Wildman–Crippen MR) is 111 cm³/mol. The molecule has 150 valence electrons. The van der Waals surface area contributed by atoms with E-state index in [0.717, 1.165) is 36.8 Å². The molecule has 1 heterocycles. The van der Waals surface area contributed by atoms with Crippen LogP contribution in [0.15, 0.2) is 36.5 Å². The maximum Gasteiger partial charge on any atom is 0.235 e. The van der Waals surface area contributed by atoms with E-state index < -0.39 is 5.41 Å². The molecule has 1 aromatic carbocycles. The predicted octanol–water partition coefficient (Wildman–Crippen LogP) is 4.91. The third-order valence-corrected chi connectivity index (χ3v) is 5.57. The molecule has 1 saturated carbocycles. The Morgan fingerprint density at radius 2 is 2.00 bits per heavy atom. The number of anilines is 1. The third-order valence-electron chi connectivity index (χ3n) is 5.24. The van der Waals surface area contributed by atoms with Gasteiger partial charge in [-0.1, -0.05) is 42.6 Å². The molecule has 0 aliphatic heterocycles. The molecule has 1 aromatic heterocycles. The molecule has 2 aromatic rings. The van der Waals surface area contributed by atoms with E-state index in [9.17, 15) is 4.79 Å². The summed E-state index contributed by atoms with van der Waals surface area (Å²) >= 11 is 6.44. The van der Waals surface area contributed by atoms with Crippen LogP contribution >= 0.6 is 11.6 Å². The second-order valence-corrected chi connectivity index (χ2v) is 7.52. The molecule has 3 rings (SSSR count). The number of aromatic nitrogens is 1. The van der Waals surface area contributed by atoms with Crippen LogP contribution in [0.5, 0.6) is 5.88 Å². The number of nitrogens with one attached hydrogen (secondary N) is 1. The van der Waals surface area contributed by atoms with Crippen LogP contribution in [0.3, 0.4) is 0 Å². The molecule has 0 unspecified atom stereocenters. The van der Waals surface area contributed by atoms with Crippen LogP contribution in [0.25, 0.3) is 0 Å². The van der Waals surface area contributed by atoms with E-state index in [2.05, 4.69) is 10.3 Å². The smallest absolute Gasteiger partial charge is 0.235 e. The highest BCUT2D eigenvalue weighted by Crippen LogP contribution is 2.44. The number of nitrogens with zero attached hydrogens (tertiary/aromatic N) is 1. The van der Waals surface area contributed by atoms with Gasteiger partial charge in [-0.3, -0.25) is 4.79 Å². The number of carbonyl (C=O) groups excluding carboxylic acids is 1. The molecular formula is C22H27ClN2O3. The SMILES string of the molecule is CCOCCOc1ncc(NC(=O)C2(c3ccccc3Cl)CCCC2)cc1C. The molecule has 0 bridgehead atoms. The largest absolute Gasteiger partial charge is 0.475 e. The van der Waals surface area contributed by atoms with Gasteiger partial charge in [0.1, 0.15) is 6.61 Å². The lowest BCUT2D eigenvalue weighted by atomic mass is 9.78. The molecule has 0 radical (unpaired) electrons. The number of amides is 1. The van der Waals surface area contributed by atoms with Gasteiger partial charge in [0.2, 0.25) is 11.8 Å². The number of rotatable bonds is 8. The van der Waals surface area contributed by atoms with Crippen molar-refractivity contribution < 1.29 is 14.3 Å². The van der Waals surface area contributed by atoms with E-state index in [1.165, 1.54) is 0 Å². The van der Waals surface area contributed by atoms with Crippen molar-refractivity contribution in [1.82, 2.24) is 4.98 Å². The van der Waals surface area contributed by atoms with Gasteiger partial charge in [0.15, 0.2) is 0 Å². The van der Waals surface area contributed by atoms with E-state index in [4.69, 9.17) is 21.1 Å². The van der Waals surface area contributed by atoms with Crippen molar-refractivity contribution in [3.63, 3.8) is 0 Å². The number of ether oxygens (including phenoxy) is 2. The third kappa shape index (κ3) is 4.47. The topological polar surface area (TPSA) is 60.5 Å². The van der Waals surface area contributed by atoms with Gasteiger partial charge in [-0.2, -0.15) is 0 Å². The molecule has 1 fully saturated rings. The van der Waals surface area contributed by atoms with E-state index in [1.54, 1.807) is 6.20 Å². The lowest BCUT2D eigenvalue weighted by Crippen LogP contribution is -2.38. The molecular weight excluding hydrogens is 376 g/mol. The van der Waals surface area contributed by atoms with Crippen LogP contribution in [0, 0.1) is 6.92 Å². The molecule has 5 nitrogen and oxygen atoms in total. The van der Waals surface area contributed by atoms with Crippen LogP contribution in [0.1, 0.15) is 43.7 Å². The monoisotopic (exact) mass is 402 g/mol. The molecule has 6 heteroatoms. The van der Waals surface area contributed by atoms with E-state index in [0.29, 0.717) is 36.4 Å². The fourth-order valence-corrected chi connectivity index (χ4v) is 4.14. The Bertz CT molecular complexity index is 819. The number of carbonyl (C=O) groups is 1. The summed E-state index contributed by atoms with van der Waals surface area (Å²) < 4.78 is 10.9. The van der Waals surface area contributed by atoms with Gasteiger partial charge in [-0.15, -0.1) is 0 Å². The standard InChI is InChI=1S/C22H27ClN2O3/c1-3-27-12-13-28-20-16(2)14-17(15-24-20)25-21(26)22(10-6-7-11-22)18-8-4-5-9-19(18)23/h4-5,8-9,14-15H,3,6-7,10-13H2,1-2H3,(H,25,26). The number of benzene rings is 1. The Hall–Kier alpha value is -2.11. The zero-order valence-corrected chi connectivity index (χ0v) is 17.2. The fraction of sp³-hybridized carbons (Fsp3) is 0.455. The molecule has 1 aliphatic rings. The zero-order valence-electron chi connectivity index (χ0n) is 16.5. The first-order valence-corrected chi connectivity index (χ1v) is 10.2. The van der Waals surface area contributed by atoms with E-state index in [1.807, 2.05) is 44.2 Å². The van der Waals surface area contributed by atoms with Crippen LogP contribution < -0.4 is 10.1 Å². The minimum Gasteiger partial charge on any atom is -0.475 e. The molecule has 0 saturated heterocycles. The maximum absolute atomic E-state index is 13.3. The fourth-order valence-electron chi connectivity index (χ4n) is 3.82. The quantitative estimate of drug-likeness (QED) is 0.637. The first-order chi connectivity index (χ1) is 13.6. The van der Waals surface area contributed by atoms with Crippen LogP contribution in [0.4, 0.5) is 5.69 Å². The Kier molecular flexibility index (Phi) is 6.92. The highest BCUT2D eigenvalue weighted by atomic mass is 35.5. The minimum atomic E-state index is -0.584. The zero-order chi connectivity index (χ0) is 20.0. The van der Waals surface area contributed by atoms with Crippen LogP contribution in [-0.2, 0) is 14.9 Å². The summed E-state index contributed by atoms with van der Waals surface area (Å²) in [5, 5.41) is 3.70. The van der Waals surface area contributed by atoms with Crippen molar-refractivity contribution in [3.05, 3.63) is 52.7 Å². The highest BCUT2D eigenvalue weighted by molar-refractivity contribution is 6.31. The van der Waals surface area contributed by atoms with Gasteiger partial charge >= 0.3 is 0 Å². The summed E-state index contributed by atoms with van der Waals surface area (Å²) in [6.07, 6.45) is 5.27. The summed E-state index contributed by atoms with van der Waals surface area (Å²) in [6, 6.07) is 9.53. The summed E-state index contributed by atoms with van der Waals surface area (Å²) in [5.74, 6) is 0.531. The van der Waals surface area contributed by atoms with Crippen molar-refractivity contribution in [2.45, 2.75) is 44.9 Å². The molecule has 0 spiro atoms. The molecule has 1 aliphatic carbocycles. The van der Waals surface area contributed by atoms with Gasteiger partial charge in [-0.05, 0) is 44.4 Å². The van der Waals surface area contributed by atoms with Gasteiger partial charge in [0.05, 0.1) is 23.9 Å². The first-order valence-electron chi connectivity index (χ1n) is 9.80. The Balaban J connectivity index is 1.74. The Labute approximate surface area is 171 Å². The van der Waals surface area contributed by atoms with Crippen LogP contribution in [0.2, 0.25) is 5.02 Å². The normalized spacial score (nSPS) is 15.4. The summed E-state index contributed by atoms with van der Waals surface area (Å²) in [5.41, 5.74) is 1.86. The molecule has 28 heavy (non-hydrogen) atoms. The number of hydrogen-bond donors (Lipinski definition) is 1. The van der Waals surface area contributed by atoms with Crippen molar-refractivity contribution in [2.24, 2.45) is 0 Å². The van der Waals surface area contributed by atoms with Gasteiger partial charge in [0.25, 0.3) is 0 Å². The van der Waals surface area contributed by atoms with E-state index in [-0.39, 0.29) is 5.91 Å². The maximum atomic E-state index is 13.3.